The van der Waals surface area contributed by atoms with Crippen molar-refractivity contribution in [2.24, 2.45) is 0 Å². The number of nitrogens with zero attached hydrogens (tertiary/aromatic N) is 4. The first kappa shape index (κ1) is 12.9. The van der Waals surface area contributed by atoms with Crippen molar-refractivity contribution in [1.82, 2.24) is 19.6 Å². The molecule has 0 bridgehead atoms. The van der Waals surface area contributed by atoms with Crippen molar-refractivity contribution >= 4 is 5.91 Å². The monoisotopic (exact) mass is 274 g/mol. The third kappa shape index (κ3) is 2.21. The first-order valence-electron chi connectivity index (χ1n) is 6.88. The number of carbonyl (C=O) groups is 1. The lowest BCUT2D eigenvalue weighted by Crippen LogP contribution is -2.35. The molecule has 0 saturated carbocycles. The summed E-state index contributed by atoms with van der Waals surface area (Å²) in [4.78, 5) is 18.5. The van der Waals surface area contributed by atoms with Crippen molar-refractivity contribution in [1.29, 1.82) is 0 Å². The van der Waals surface area contributed by atoms with Gasteiger partial charge in [-0.15, -0.1) is 0 Å². The average molecular weight is 274 g/mol. The van der Waals surface area contributed by atoms with E-state index in [1.54, 1.807) is 12.5 Å². The number of aryl methyl sites for hydroxylation is 1. The molecule has 0 spiro atoms. The Morgan fingerprint density at radius 2 is 2.40 bits per heavy atom. The van der Waals surface area contributed by atoms with Crippen LogP contribution in [0.1, 0.15) is 43.3 Å². The summed E-state index contributed by atoms with van der Waals surface area (Å²) < 4.78 is 7.16. The fourth-order valence-corrected chi connectivity index (χ4v) is 2.73. The van der Waals surface area contributed by atoms with Crippen molar-refractivity contribution in [3.05, 3.63) is 36.2 Å². The molecule has 0 aliphatic carbocycles. The van der Waals surface area contributed by atoms with Gasteiger partial charge in [-0.25, -0.2) is 4.98 Å². The molecule has 6 nitrogen and oxygen atoms in total. The highest BCUT2D eigenvalue weighted by Gasteiger charge is 2.34. The van der Waals surface area contributed by atoms with Gasteiger partial charge in [-0.1, -0.05) is 5.16 Å². The second kappa shape index (κ2) is 5.11. The van der Waals surface area contributed by atoms with Crippen LogP contribution in [0.5, 0.6) is 0 Å². The van der Waals surface area contributed by atoms with E-state index in [9.17, 15) is 4.79 Å². The molecule has 1 fully saturated rings. The first-order chi connectivity index (χ1) is 9.66. The third-order valence-corrected chi connectivity index (χ3v) is 3.84. The molecule has 2 atom stereocenters. The molecule has 3 rings (SSSR count). The number of rotatable bonds is 3. The molecule has 1 aliphatic rings. The largest absolute Gasteiger partial charge is 0.359 e. The van der Waals surface area contributed by atoms with Crippen molar-refractivity contribution in [2.45, 2.75) is 38.8 Å². The summed E-state index contributed by atoms with van der Waals surface area (Å²) in [6, 6.07) is 1.68. The Bertz CT molecular complexity index is 590. The van der Waals surface area contributed by atoms with Gasteiger partial charge in [0.05, 0.1) is 18.1 Å². The molecule has 1 amide bonds. The van der Waals surface area contributed by atoms with E-state index in [0.717, 1.165) is 30.8 Å². The molecular weight excluding hydrogens is 256 g/mol. The molecule has 106 valence electrons. The van der Waals surface area contributed by atoms with E-state index in [4.69, 9.17) is 4.52 Å². The molecule has 2 aromatic heterocycles. The van der Waals surface area contributed by atoms with Gasteiger partial charge in [0, 0.05) is 25.0 Å². The molecule has 1 saturated heterocycles. The summed E-state index contributed by atoms with van der Waals surface area (Å²) in [5.74, 6) is 0.880. The smallest absolute Gasteiger partial charge is 0.246 e. The molecule has 3 heterocycles. The Hall–Kier alpha value is -2.11. The normalized spacial score (nSPS) is 20.3. The van der Waals surface area contributed by atoms with Crippen LogP contribution in [0.15, 0.2) is 29.3 Å². The van der Waals surface area contributed by atoms with Crippen LogP contribution in [0.4, 0.5) is 0 Å². The summed E-state index contributed by atoms with van der Waals surface area (Å²) in [6.07, 6.45) is 7.09. The number of likely N-dealkylation sites (tertiary alicyclic amines) is 1. The Morgan fingerprint density at radius 3 is 3.05 bits per heavy atom. The molecule has 6 heteroatoms. The predicted molar refractivity (Wildman–Crippen MR) is 71.9 cm³/mol. The Morgan fingerprint density at radius 1 is 1.55 bits per heavy atom. The SMILES string of the molecule is Cc1cc(C2CCCN2C(=O)C(C)n2ccnc2)on1. The van der Waals surface area contributed by atoms with Crippen LogP contribution < -0.4 is 0 Å². The van der Waals surface area contributed by atoms with Gasteiger partial charge in [-0.05, 0) is 26.7 Å². The van der Waals surface area contributed by atoms with Crippen molar-refractivity contribution in [3.8, 4) is 0 Å². The lowest BCUT2D eigenvalue weighted by molar-refractivity contribution is -0.135. The van der Waals surface area contributed by atoms with Crippen LogP contribution >= 0.6 is 0 Å². The summed E-state index contributed by atoms with van der Waals surface area (Å²) >= 11 is 0. The van der Waals surface area contributed by atoms with E-state index in [0.29, 0.717) is 0 Å². The van der Waals surface area contributed by atoms with Crippen LogP contribution in [-0.2, 0) is 4.79 Å². The van der Waals surface area contributed by atoms with E-state index in [-0.39, 0.29) is 18.0 Å². The van der Waals surface area contributed by atoms with Crippen molar-refractivity contribution < 1.29 is 9.32 Å². The zero-order valence-corrected chi connectivity index (χ0v) is 11.7. The number of imidazole rings is 1. The van der Waals surface area contributed by atoms with E-state index in [1.807, 2.05) is 35.6 Å². The molecule has 1 aliphatic heterocycles. The molecule has 0 radical (unpaired) electrons. The molecule has 0 N–H and O–H groups in total. The Kier molecular flexibility index (Phi) is 3.30. The second-order valence-electron chi connectivity index (χ2n) is 5.25. The zero-order valence-electron chi connectivity index (χ0n) is 11.7. The molecule has 0 aromatic carbocycles. The Labute approximate surface area is 117 Å². The zero-order chi connectivity index (χ0) is 14.1. The van der Waals surface area contributed by atoms with Crippen LogP contribution in [0.3, 0.4) is 0 Å². The van der Waals surface area contributed by atoms with Gasteiger partial charge in [0.1, 0.15) is 6.04 Å². The maximum atomic E-state index is 12.6. The number of hydrogen-bond acceptors (Lipinski definition) is 4. The Balaban J connectivity index is 1.80. The van der Waals surface area contributed by atoms with E-state index < -0.39 is 0 Å². The van der Waals surface area contributed by atoms with Crippen molar-refractivity contribution in [2.75, 3.05) is 6.54 Å². The number of aromatic nitrogens is 3. The maximum absolute atomic E-state index is 12.6. The van der Waals surface area contributed by atoms with Crippen LogP contribution in [0, 0.1) is 6.92 Å². The van der Waals surface area contributed by atoms with Crippen LogP contribution in [-0.4, -0.2) is 32.1 Å². The number of carbonyl (C=O) groups excluding carboxylic acids is 1. The quantitative estimate of drug-likeness (QED) is 0.859. The van der Waals surface area contributed by atoms with E-state index >= 15 is 0 Å². The minimum Gasteiger partial charge on any atom is -0.359 e. The van der Waals surface area contributed by atoms with Gasteiger partial charge in [-0.2, -0.15) is 0 Å². The van der Waals surface area contributed by atoms with Gasteiger partial charge >= 0.3 is 0 Å². The lowest BCUT2D eigenvalue weighted by atomic mass is 10.1. The average Bonchev–Trinajstić information content (AvgIpc) is 3.17. The first-order valence-corrected chi connectivity index (χ1v) is 6.88. The van der Waals surface area contributed by atoms with Gasteiger partial charge < -0.3 is 14.0 Å². The topological polar surface area (TPSA) is 64.2 Å². The molecular formula is C14H18N4O2. The summed E-state index contributed by atoms with van der Waals surface area (Å²) in [7, 11) is 0. The molecule has 2 aromatic rings. The third-order valence-electron chi connectivity index (χ3n) is 3.84. The van der Waals surface area contributed by atoms with Gasteiger partial charge in [-0.3, -0.25) is 4.79 Å². The minimum absolute atomic E-state index is 0.00896. The second-order valence-corrected chi connectivity index (χ2v) is 5.25. The fourth-order valence-electron chi connectivity index (χ4n) is 2.73. The highest BCUT2D eigenvalue weighted by molar-refractivity contribution is 5.80. The van der Waals surface area contributed by atoms with Crippen LogP contribution in [0.2, 0.25) is 0 Å². The number of hydrogen-bond donors (Lipinski definition) is 0. The molecule has 20 heavy (non-hydrogen) atoms. The molecule has 2 unspecified atom stereocenters. The minimum atomic E-state index is -0.248. The highest BCUT2D eigenvalue weighted by Crippen LogP contribution is 2.33. The van der Waals surface area contributed by atoms with Gasteiger partial charge in [0.15, 0.2) is 5.76 Å². The number of amides is 1. The predicted octanol–water partition coefficient (Wildman–Crippen LogP) is 2.10. The summed E-state index contributed by atoms with van der Waals surface area (Å²) in [6.45, 7) is 4.55. The van der Waals surface area contributed by atoms with Gasteiger partial charge in [0.2, 0.25) is 5.91 Å². The maximum Gasteiger partial charge on any atom is 0.246 e. The van der Waals surface area contributed by atoms with Crippen molar-refractivity contribution in [3.63, 3.8) is 0 Å². The standard InChI is InChI=1S/C14H18N4O2/c1-10-8-13(20-16-10)12-4-3-6-18(12)14(19)11(2)17-7-5-15-9-17/h5,7-9,11-12H,3-4,6H2,1-2H3. The lowest BCUT2D eigenvalue weighted by Gasteiger charge is -2.26. The van der Waals surface area contributed by atoms with E-state index in [1.165, 1.54) is 0 Å². The van der Waals surface area contributed by atoms with E-state index in [2.05, 4.69) is 10.1 Å². The summed E-state index contributed by atoms with van der Waals surface area (Å²) in [5, 5.41) is 3.92. The highest BCUT2D eigenvalue weighted by atomic mass is 16.5. The fraction of sp³-hybridized carbons (Fsp3) is 0.500. The summed E-state index contributed by atoms with van der Waals surface area (Å²) in [5.41, 5.74) is 0.849. The van der Waals surface area contributed by atoms with Crippen LogP contribution in [0.25, 0.3) is 0 Å². The van der Waals surface area contributed by atoms with Gasteiger partial charge in [0.25, 0.3) is 0 Å².